The van der Waals surface area contributed by atoms with Gasteiger partial charge in [-0.2, -0.15) is 0 Å². The molecule has 0 aromatic carbocycles. The highest BCUT2D eigenvalue weighted by molar-refractivity contribution is 7.07. The SMILES string of the molecule is Cc1nnsc1C(=O)NCC1CCNCC1. The highest BCUT2D eigenvalue weighted by Gasteiger charge is 2.16. The number of aromatic nitrogens is 2. The Bertz CT molecular complexity index is 359. The molecule has 0 spiro atoms. The first-order chi connectivity index (χ1) is 7.77. The first-order valence-corrected chi connectivity index (χ1v) is 6.32. The summed E-state index contributed by atoms with van der Waals surface area (Å²) in [7, 11) is 0. The van der Waals surface area contributed by atoms with Crippen LogP contribution in [0, 0.1) is 12.8 Å². The summed E-state index contributed by atoms with van der Waals surface area (Å²) >= 11 is 1.16. The lowest BCUT2D eigenvalue weighted by molar-refractivity contribution is 0.0947. The van der Waals surface area contributed by atoms with Crippen molar-refractivity contribution >= 4 is 17.4 Å². The summed E-state index contributed by atoms with van der Waals surface area (Å²) in [5.41, 5.74) is 0.716. The molecule has 0 bridgehead atoms. The van der Waals surface area contributed by atoms with Gasteiger partial charge in [0.15, 0.2) is 0 Å². The third-order valence-electron chi connectivity index (χ3n) is 2.87. The minimum absolute atomic E-state index is 0.0361. The van der Waals surface area contributed by atoms with Gasteiger partial charge < -0.3 is 10.6 Å². The molecule has 88 valence electrons. The van der Waals surface area contributed by atoms with Crippen molar-refractivity contribution in [1.29, 1.82) is 0 Å². The minimum Gasteiger partial charge on any atom is -0.351 e. The maximum atomic E-state index is 11.8. The molecule has 0 aliphatic carbocycles. The number of nitrogens with zero attached hydrogens (tertiary/aromatic N) is 2. The van der Waals surface area contributed by atoms with Gasteiger partial charge in [-0.15, -0.1) is 5.10 Å². The number of amides is 1. The van der Waals surface area contributed by atoms with Gasteiger partial charge in [-0.1, -0.05) is 4.49 Å². The number of carbonyl (C=O) groups excluding carboxylic acids is 1. The van der Waals surface area contributed by atoms with E-state index in [1.54, 1.807) is 0 Å². The maximum Gasteiger partial charge on any atom is 0.264 e. The summed E-state index contributed by atoms with van der Waals surface area (Å²) in [6.07, 6.45) is 2.28. The molecule has 0 atom stereocenters. The van der Waals surface area contributed by atoms with Crippen LogP contribution in [-0.4, -0.2) is 35.1 Å². The molecule has 1 aromatic rings. The molecule has 16 heavy (non-hydrogen) atoms. The van der Waals surface area contributed by atoms with E-state index in [2.05, 4.69) is 20.2 Å². The molecular formula is C10H16N4OS. The molecular weight excluding hydrogens is 224 g/mol. The van der Waals surface area contributed by atoms with Crippen LogP contribution in [0.5, 0.6) is 0 Å². The van der Waals surface area contributed by atoms with Crippen LogP contribution in [-0.2, 0) is 0 Å². The third-order valence-corrected chi connectivity index (χ3v) is 3.69. The highest BCUT2D eigenvalue weighted by atomic mass is 32.1. The van der Waals surface area contributed by atoms with Gasteiger partial charge in [0.1, 0.15) is 4.88 Å². The molecule has 6 heteroatoms. The lowest BCUT2D eigenvalue weighted by Gasteiger charge is -2.22. The van der Waals surface area contributed by atoms with Crippen LogP contribution < -0.4 is 10.6 Å². The second-order valence-electron chi connectivity index (χ2n) is 4.09. The van der Waals surface area contributed by atoms with E-state index in [-0.39, 0.29) is 5.91 Å². The van der Waals surface area contributed by atoms with Crippen molar-refractivity contribution in [3.8, 4) is 0 Å². The van der Waals surface area contributed by atoms with Gasteiger partial charge >= 0.3 is 0 Å². The van der Waals surface area contributed by atoms with Gasteiger partial charge in [0.2, 0.25) is 0 Å². The van der Waals surface area contributed by atoms with Crippen molar-refractivity contribution in [3.63, 3.8) is 0 Å². The molecule has 2 rings (SSSR count). The van der Waals surface area contributed by atoms with Crippen LogP contribution in [0.15, 0.2) is 0 Å². The molecule has 1 aromatic heterocycles. The van der Waals surface area contributed by atoms with Gasteiger partial charge in [-0.25, -0.2) is 0 Å². The smallest absolute Gasteiger partial charge is 0.264 e. The van der Waals surface area contributed by atoms with Gasteiger partial charge in [0.05, 0.1) is 5.69 Å². The molecule has 0 radical (unpaired) electrons. The Hall–Kier alpha value is -1.01. The van der Waals surface area contributed by atoms with Crippen LogP contribution >= 0.6 is 11.5 Å². The van der Waals surface area contributed by atoms with Crippen LogP contribution in [0.2, 0.25) is 0 Å². The van der Waals surface area contributed by atoms with Crippen molar-refractivity contribution in [1.82, 2.24) is 20.2 Å². The van der Waals surface area contributed by atoms with E-state index in [1.165, 1.54) is 0 Å². The predicted molar refractivity (Wildman–Crippen MR) is 62.6 cm³/mol. The number of hydrogen-bond donors (Lipinski definition) is 2. The summed E-state index contributed by atoms with van der Waals surface area (Å²) in [5.74, 6) is 0.567. The number of carbonyl (C=O) groups is 1. The average Bonchev–Trinajstić information content (AvgIpc) is 2.74. The van der Waals surface area contributed by atoms with E-state index in [0.717, 1.165) is 44.0 Å². The molecule has 0 unspecified atom stereocenters. The van der Waals surface area contributed by atoms with E-state index in [1.807, 2.05) is 6.92 Å². The first-order valence-electron chi connectivity index (χ1n) is 5.55. The summed E-state index contributed by atoms with van der Waals surface area (Å²) in [6, 6.07) is 0. The molecule has 2 N–H and O–H groups in total. The van der Waals surface area contributed by atoms with Crippen molar-refractivity contribution in [3.05, 3.63) is 10.6 Å². The van der Waals surface area contributed by atoms with E-state index >= 15 is 0 Å². The first kappa shape index (κ1) is 11.5. The molecule has 1 aliphatic heterocycles. The Labute approximate surface area is 98.8 Å². The van der Waals surface area contributed by atoms with Crippen molar-refractivity contribution in [2.24, 2.45) is 5.92 Å². The number of nitrogens with one attached hydrogen (secondary N) is 2. The van der Waals surface area contributed by atoms with Gasteiger partial charge in [0.25, 0.3) is 5.91 Å². The Kier molecular flexibility index (Phi) is 3.84. The van der Waals surface area contributed by atoms with E-state index in [4.69, 9.17) is 0 Å². The van der Waals surface area contributed by atoms with Gasteiger partial charge in [-0.05, 0) is 50.3 Å². The van der Waals surface area contributed by atoms with Crippen LogP contribution in [0.3, 0.4) is 0 Å². The third kappa shape index (κ3) is 2.76. The standard InChI is InChI=1S/C10H16N4OS/c1-7-9(16-14-13-7)10(15)12-6-8-2-4-11-5-3-8/h8,11H,2-6H2,1H3,(H,12,15). The fraction of sp³-hybridized carbons (Fsp3) is 0.700. The number of rotatable bonds is 3. The lowest BCUT2D eigenvalue weighted by Crippen LogP contribution is -2.35. The number of piperidine rings is 1. The lowest BCUT2D eigenvalue weighted by atomic mass is 9.98. The van der Waals surface area contributed by atoms with Crippen molar-refractivity contribution in [2.45, 2.75) is 19.8 Å². The largest absolute Gasteiger partial charge is 0.351 e. The summed E-state index contributed by atoms with van der Waals surface area (Å²) in [6.45, 7) is 4.68. The molecule has 5 nitrogen and oxygen atoms in total. The van der Waals surface area contributed by atoms with Crippen molar-refractivity contribution < 1.29 is 4.79 Å². The Morgan fingerprint density at radius 2 is 2.31 bits per heavy atom. The van der Waals surface area contributed by atoms with Crippen LogP contribution in [0.4, 0.5) is 0 Å². The minimum atomic E-state index is -0.0361. The zero-order valence-corrected chi connectivity index (χ0v) is 10.1. The molecule has 2 heterocycles. The fourth-order valence-electron chi connectivity index (χ4n) is 1.84. The highest BCUT2D eigenvalue weighted by Crippen LogP contribution is 2.12. The molecule has 0 saturated carbocycles. The van der Waals surface area contributed by atoms with Crippen LogP contribution in [0.25, 0.3) is 0 Å². The fourth-order valence-corrected chi connectivity index (χ4v) is 2.42. The van der Waals surface area contributed by atoms with Gasteiger partial charge in [0, 0.05) is 6.54 Å². The van der Waals surface area contributed by atoms with E-state index in [0.29, 0.717) is 16.5 Å². The Morgan fingerprint density at radius 1 is 1.56 bits per heavy atom. The summed E-state index contributed by atoms with van der Waals surface area (Å²) < 4.78 is 3.76. The van der Waals surface area contributed by atoms with Crippen molar-refractivity contribution in [2.75, 3.05) is 19.6 Å². The second kappa shape index (κ2) is 5.36. The number of aryl methyl sites for hydroxylation is 1. The maximum absolute atomic E-state index is 11.8. The van der Waals surface area contributed by atoms with Crippen LogP contribution in [0.1, 0.15) is 28.2 Å². The predicted octanol–water partition coefficient (Wildman–Crippen LogP) is 0.576. The zero-order valence-electron chi connectivity index (χ0n) is 9.32. The van der Waals surface area contributed by atoms with E-state index in [9.17, 15) is 4.79 Å². The Balaban J connectivity index is 1.81. The topological polar surface area (TPSA) is 66.9 Å². The molecule has 1 amide bonds. The quantitative estimate of drug-likeness (QED) is 0.811. The molecule has 1 fully saturated rings. The Morgan fingerprint density at radius 3 is 2.94 bits per heavy atom. The summed E-state index contributed by atoms with van der Waals surface area (Å²) in [4.78, 5) is 12.4. The number of hydrogen-bond acceptors (Lipinski definition) is 5. The summed E-state index contributed by atoms with van der Waals surface area (Å²) in [5, 5.41) is 10.1. The molecule has 1 aliphatic rings. The normalized spacial score (nSPS) is 17.3. The monoisotopic (exact) mass is 240 g/mol. The second-order valence-corrected chi connectivity index (χ2v) is 4.84. The van der Waals surface area contributed by atoms with Gasteiger partial charge in [-0.3, -0.25) is 4.79 Å². The van der Waals surface area contributed by atoms with E-state index < -0.39 is 0 Å². The zero-order chi connectivity index (χ0) is 11.4. The molecule has 1 saturated heterocycles. The average molecular weight is 240 g/mol.